The number of anilines is 4. The van der Waals surface area contributed by atoms with Crippen molar-refractivity contribution < 1.29 is 13.7 Å². The summed E-state index contributed by atoms with van der Waals surface area (Å²) < 4.78 is 32.4. The molecule has 0 aliphatic heterocycles. The summed E-state index contributed by atoms with van der Waals surface area (Å²) in [5.41, 5.74) is 4.08. The summed E-state index contributed by atoms with van der Waals surface area (Å²) in [4.78, 5) is 8.80. The molecule has 1 aromatic heterocycles. The molecule has 1 heterocycles. The molecule has 2 N–H and O–H groups in total. The van der Waals surface area contributed by atoms with E-state index in [1.807, 2.05) is 6.07 Å². The smallest absolute Gasteiger partial charge is 0.229 e. The molecule has 33 heavy (non-hydrogen) atoms. The van der Waals surface area contributed by atoms with Gasteiger partial charge in [-0.1, -0.05) is 24.1 Å². The first kappa shape index (κ1) is 23.5. The zero-order valence-electron chi connectivity index (χ0n) is 18.9. The molecule has 0 atom stereocenters. The van der Waals surface area contributed by atoms with Crippen molar-refractivity contribution in [1.82, 2.24) is 9.97 Å². The lowest BCUT2D eigenvalue weighted by Crippen LogP contribution is -2.15. The summed E-state index contributed by atoms with van der Waals surface area (Å²) in [6.07, 6.45) is 7.36. The van der Waals surface area contributed by atoms with Crippen LogP contribution in [-0.2, 0) is 17.4 Å². The minimum atomic E-state index is -2.90. The van der Waals surface area contributed by atoms with Gasteiger partial charge in [-0.25, -0.2) is 9.37 Å². The number of hydrogen-bond donors (Lipinski definition) is 2. The van der Waals surface area contributed by atoms with E-state index in [1.54, 1.807) is 13.3 Å². The first-order chi connectivity index (χ1) is 15.8. The van der Waals surface area contributed by atoms with Gasteiger partial charge in [-0.3, -0.25) is 0 Å². The molecular weight excluding hydrogens is 462 g/mol. The Balaban J connectivity index is 1.64. The fourth-order valence-electron chi connectivity index (χ4n) is 4.14. The Kier molecular flexibility index (Phi) is 6.91. The standard InChI is InChI=1S/C24H27ClFN4O2P/c1-32-21-19(26)11-12-20(22(21)33(2,3)31)29-23-18(25)14-27-24(30-23)28-17-10-9-15-7-5-4-6-8-16(15)13-17/h9-14H,4-8H2,1-3H3,(H2,27,28,29,30). The number of fused-ring (bicyclic) bond motifs is 1. The van der Waals surface area contributed by atoms with Crippen LogP contribution in [0.3, 0.4) is 0 Å². The Labute approximate surface area is 198 Å². The molecule has 174 valence electrons. The minimum Gasteiger partial charge on any atom is -0.493 e. The molecule has 0 spiro atoms. The Bertz CT molecular complexity index is 1230. The van der Waals surface area contributed by atoms with Crippen LogP contribution in [0.25, 0.3) is 0 Å². The van der Waals surface area contributed by atoms with E-state index in [4.69, 9.17) is 16.3 Å². The van der Waals surface area contributed by atoms with Crippen LogP contribution in [0.5, 0.6) is 5.75 Å². The summed E-state index contributed by atoms with van der Waals surface area (Å²) in [6, 6.07) is 9.10. The van der Waals surface area contributed by atoms with Gasteiger partial charge in [0.05, 0.1) is 24.3 Å². The zero-order chi connectivity index (χ0) is 23.6. The molecule has 0 saturated heterocycles. The molecule has 6 nitrogen and oxygen atoms in total. The number of aryl methyl sites for hydroxylation is 2. The quantitative estimate of drug-likeness (QED) is 0.314. The van der Waals surface area contributed by atoms with E-state index >= 15 is 0 Å². The number of nitrogens with one attached hydrogen (secondary N) is 2. The molecule has 9 heteroatoms. The van der Waals surface area contributed by atoms with Gasteiger partial charge in [0.2, 0.25) is 5.95 Å². The lowest BCUT2D eigenvalue weighted by Gasteiger charge is -2.19. The van der Waals surface area contributed by atoms with Crippen LogP contribution in [-0.4, -0.2) is 30.4 Å². The van der Waals surface area contributed by atoms with Gasteiger partial charge in [0.1, 0.15) is 12.2 Å². The van der Waals surface area contributed by atoms with Gasteiger partial charge in [-0.15, -0.1) is 0 Å². The Morgan fingerprint density at radius 1 is 1.06 bits per heavy atom. The summed E-state index contributed by atoms with van der Waals surface area (Å²) >= 11 is 6.34. The van der Waals surface area contributed by atoms with Crippen molar-refractivity contribution in [2.75, 3.05) is 31.1 Å². The van der Waals surface area contributed by atoms with Gasteiger partial charge in [0, 0.05) is 5.69 Å². The third-order valence-electron chi connectivity index (χ3n) is 5.68. The fourth-order valence-corrected chi connectivity index (χ4v) is 5.67. The van der Waals surface area contributed by atoms with Crippen molar-refractivity contribution in [2.24, 2.45) is 0 Å². The van der Waals surface area contributed by atoms with E-state index in [9.17, 15) is 8.96 Å². The predicted octanol–water partition coefficient (Wildman–Crippen LogP) is 6.28. The van der Waals surface area contributed by atoms with Crippen LogP contribution in [0.2, 0.25) is 5.02 Å². The maximum absolute atomic E-state index is 14.3. The zero-order valence-corrected chi connectivity index (χ0v) is 20.6. The van der Waals surface area contributed by atoms with Crippen molar-refractivity contribution in [3.63, 3.8) is 0 Å². The van der Waals surface area contributed by atoms with Crippen LogP contribution in [0.4, 0.5) is 27.5 Å². The molecule has 3 aromatic rings. The monoisotopic (exact) mass is 488 g/mol. The third kappa shape index (κ3) is 5.31. The van der Waals surface area contributed by atoms with Gasteiger partial charge in [-0.2, -0.15) is 4.98 Å². The van der Waals surface area contributed by atoms with Gasteiger partial charge < -0.3 is 19.9 Å². The molecule has 2 aromatic carbocycles. The van der Waals surface area contributed by atoms with E-state index < -0.39 is 13.0 Å². The fraction of sp³-hybridized carbons (Fsp3) is 0.333. The molecule has 0 bridgehead atoms. The van der Waals surface area contributed by atoms with Crippen LogP contribution in [0, 0.1) is 5.82 Å². The molecule has 4 rings (SSSR count). The molecular formula is C24H27ClFN4O2P. The molecule has 1 aliphatic carbocycles. The topological polar surface area (TPSA) is 76.1 Å². The number of nitrogens with zero attached hydrogens (tertiary/aromatic N) is 2. The van der Waals surface area contributed by atoms with E-state index in [1.165, 1.54) is 55.8 Å². The van der Waals surface area contributed by atoms with E-state index in [-0.39, 0.29) is 16.1 Å². The van der Waals surface area contributed by atoms with Gasteiger partial charge >= 0.3 is 0 Å². The van der Waals surface area contributed by atoms with Gasteiger partial charge in [-0.05, 0) is 74.4 Å². The van der Waals surface area contributed by atoms with Crippen LogP contribution < -0.4 is 20.7 Å². The highest BCUT2D eigenvalue weighted by Crippen LogP contribution is 2.43. The summed E-state index contributed by atoms with van der Waals surface area (Å²) in [5.74, 6) is 0.0396. The maximum atomic E-state index is 14.3. The van der Waals surface area contributed by atoms with E-state index in [2.05, 4.69) is 32.7 Å². The van der Waals surface area contributed by atoms with Crippen LogP contribution in [0.1, 0.15) is 30.4 Å². The highest BCUT2D eigenvalue weighted by molar-refractivity contribution is 7.70. The van der Waals surface area contributed by atoms with Crippen molar-refractivity contribution in [2.45, 2.75) is 32.1 Å². The minimum absolute atomic E-state index is 0.0539. The first-order valence-corrected chi connectivity index (χ1v) is 13.8. The highest BCUT2D eigenvalue weighted by Gasteiger charge is 2.25. The second-order valence-corrected chi connectivity index (χ2v) is 12.1. The molecule has 0 unspecified atom stereocenters. The number of hydrogen-bond acceptors (Lipinski definition) is 6. The summed E-state index contributed by atoms with van der Waals surface area (Å²) in [7, 11) is -1.55. The number of rotatable bonds is 6. The second-order valence-electron chi connectivity index (χ2n) is 8.51. The van der Waals surface area contributed by atoms with Crippen LogP contribution >= 0.6 is 18.7 Å². The lowest BCUT2D eigenvalue weighted by molar-refractivity contribution is 0.390. The second kappa shape index (κ2) is 9.70. The molecule has 0 saturated carbocycles. The summed E-state index contributed by atoms with van der Waals surface area (Å²) in [5, 5.41) is 6.88. The number of benzene rings is 2. The van der Waals surface area contributed by atoms with Crippen molar-refractivity contribution in [3.8, 4) is 5.75 Å². The summed E-state index contributed by atoms with van der Waals surface area (Å²) in [6.45, 7) is 3.12. The lowest BCUT2D eigenvalue weighted by atomic mass is 10.0. The average molecular weight is 489 g/mol. The molecule has 0 amide bonds. The number of halogens is 2. The van der Waals surface area contributed by atoms with Gasteiger partial charge in [0.25, 0.3) is 0 Å². The largest absolute Gasteiger partial charge is 0.493 e. The normalized spacial score (nSPS) is 13.7. The molecule has 1 aliphatic rings. The average Bonchev–Trinajstić information content (AvgIpc) is 3.01. The van der Waals surface area contributed by atoms with E-state index in [0.29, 0.717) is 17.5 Å². The van der Waals surface area contributed by atoms with Crippen molar-refractivity contribution >= 4 is 47.2 Å². The Morgan fingerprint density at radius 2 is 1.82 bits per heavy atom. The molecule has 0 fully saturated rings. The van der Waals surface area contributed by atoms with Crippen molar-refractivity contribution in [3.05, 3.63) is 58.5 Å². The maximum Gasteiger partial charge on any atom is 0.229 e. The predicted molar refractivity (Wildman–Crippen MR) is 133 cm³/mol. The molecule has 0 radical (unpaired) electrons. The van der Waals surface area contributed by atoms with Crippen molar-refractivity contribution in [1.29, 1.82) is 0 Å². The Morgan fingerprint density at radius 3 is 2.55 bits per heavy atom. The van der Waals surface area contributed by atoms with Gasteiger partial charge in [0.15, 0.2) is 17.4 Å². The SMILES string of the molecule is COc1c(F)ccc(Nc2nc(Nc3ccc4c(c3)CCCCC4)ncc2Cl)c1P(C)(C)=O. The first-order valence-electron chi connectivity index (χ1n) is 10.9. The number of methoxy groups -OCH3 is 1. The highest BCUT2D eigenvalue weighted by atomic mass is 35.5. The third-order valence-corrected chi connectivity index (χ3v) is 7.48. The van der Waals surface area contributed by atoms with E-state index in [0.717, 1.165) is 18.5 Å². The Hall–Kier alpha value is -2.63. The van der Waals surface area contributed by atoms with Crippen LogP contribution in [0.15, 0.2) is 36.5 Å². The number of aromatic nitrogens is 2. The number of ether oxygens (including phenoxy) is 1.